The molecule has 1 unspecified atom stereocenters. The van der Waals surface area contributed by atoms with Gasteiger partial charge in [0.15, 0.2) is 0 Å². The van der Waals surface area contributed by atoms with Crippen LogP contribution in [-0.2, 0) is 15.8 Å². The summed E-state index contributed by atoms with van der Waals surface area (Å²) < 4.78 is 54.0. The molecular weight excluding hydrogens is 480 g/mol. The monoisotopic (exact) mass is 508 g/mol. The lowest BCUT2D eigenvalue weighted by molar-refractivity contribution is -0.141. The fraction of sp³-hybridized carbons (Fsp3) is 0.500. The van der Waals surface area contributed by atoms with Gasteiger partial charge in [0, 0.05) is 31.0 Å². The van der Waals surface area contributed by atoms with E-state index in [0.717, 1.165) is 30.6 Å². The summed E-state index contributed by atoms with van der Waals surface area (Å²) in [5, 5.41) is 0.997. The van der Waals surface area contributed by atoms with E-state index >= 15 is 0 Å². The number of nitrogens with one attached hydrogen (secondary N) is 1. The minimum atomic E-state index is -4.72. The number of hydrogen-bond donors (Lipinski definition) is 1. The predicted octanol–water partition coefficient (Wildman–Crippen LogP) is 3.24. The molecule has 1 aromatic carbocycles. The van der Waals surface area contributed by atoms with Gasteiger partial charge in [-0.3, -0.25) is 15.0 Å². The molecule has 2 aromatic rings. The van der Waals surface area contributed by atoms with Gasteiger partial charge in [-0.15, -0.1) is 0 Å². The first-order valence-electron chi connectivity index (χ1n) is 11.7. The average Bonchev–Trinajstić information content (AvgIpc) is 3.17. The van der Waals surface area contributed by atoms with Crippen molar-refractivity contribution in [3.05, 3.63) is 47.0 Å². The highest BCUT2D eigenvalue weighted by Crippen LogP contribution is 2.31. The highest BCUT2D eigenvalue weighted by molar-refractivity contribution is 6.03. The van der Waals surface area contributed by atoms with Crippen LogP contribution in [0, 0.1) is 25.6 Å². The maximum atomic E-state index is 13.9. The van der Waals surface area contributed by atoms with Gasteiger partial charge in [0.05, 0.1) is 6.42 Å². The number of anilines is 2. The molecule has 36 heavy (non-hydrogen) atoms. The molecule has 3 heterocycles. The Balaban J connectivity index is 1.62. The number of carbonyl (C=O) groups is 2. The van der Waals surface area contributed by atoms with E-state index in [4.69, 9.17) is 0 Å². The largest absolute Gasteiger partial charge is 0.433 e. The van der Waals surface area contributed by atoms with Gasteiger partial charge in [0.1, 0.15) is 17.6 Å². The predicted molar refractivity (Wildman–Crippen MR) is 125 cm³/mol. The van der Waals surface area contributed by atoms with Crippen LogP contribution in [0.25, 0.3) is 0 Å². The van der Waals surface area contributed by atoms with Crippen LogP contribution in [0.1, 0.15) is 36.2 Å². The lowest BCUT2D eigenvalue weighted by Crippen LogP contribution is -2.50. The standard InChI is InChI=1S/C24H28F4N6O2/c1-14-9-17(6-7-18(14)25)33(8-4-5-16-12-32(3)13-16)22(36)19-11-21(35)31-34(19)23-29-15(2)10-20(30-23)24(26,27)28/h6-7,9-10,16,19H,4-5,8,11-13H2,1-3H3,(H,31,35). The zero-order valence-electron chi connectivity index (χ0n) is 20.3. The zero-order valence-corrected chi connectivity index (χ0v) is 20.3. The molecule has 2 aliphatic rings. The number of alkyl halides is 3. The minimum Gasteiger partial charge on any atom is -0.311 e. The average molecular weight is 509 g/mol. The van der Waals surface area contributed by atoms with Crippen molar-refractivity contribution in [1.29, 1.82) is 0 Å². The van der Waals surface area contributed by atoms with Crippen molar-refractivity contribution in [2.45, 2.75) is 45.3 Å². The molecule has 0 aliphatic carbocycles. The Morgan fingerprint density at radius 1 is 1.19 bits per heavy atom. The van der Waals surface area contributed by atoms with Gasteiger partial charge in [-0.1, -0.05) is 0 Å². The third-order valence-corrected chi connectivity index (χ3v) is 6.42. The second-order valence-electron chi connectivity index (χ2n) is 9.47. The summed E-state index contributed by atoms with van der Waals surface area (Å²) in [6.07, 6.45) is -3.44. The second-order valence-corrected chi connectivity index (χ2v) is 9.47. The summed E-state index contributed by atoms with van der Waals surface area (Å²) in [5.74, 6) is -1.37. The number of carbonyl (C=O) groups excluding carboxylic acids is 2. The number of halogens is 4. The molecule has 2 amide bonds. The SMILES string of the molecule is Cc1cc(C(F)(F)F)nc(N2NC(=O)CC2C(=O)N(CCCC2CN(C)C2)c2ccc(F)c(C)c2)n1. The van der Waals surface area contributed by atoms with E-state index < -0.39 is 41.5 Å². The van der Waals surface area contributed by atoms with E-state index in [2.05, 4.69) is 20.3 Å². The molecule has 2 fully saturated rings. The molecule has 0 bridgehead atoms. The molecule has 0 saturated carbocycles. The fourth-order valence-corrected chi connectivity index (χ4v) is 4.61. The van der Waals surface area contributed by atoms with Crippen molar-refractivity contribution in [3.63, 3.8) is 0 Å². The van der Waals surface area contributed by atoms with Crippen molar-refractivity contribution in [1.82, 2.24) is 20.3 Å². The summed E-state index contributed by atoms with van der Waals surface area (Å²) in [6, 6.07) is 3.92. The molecule has 2 aliphatic heterocycles. The fourth-order valence-electron chi connectivity index (χ4n) is 4.61. The number of benzene rings is 1. The first-order chi connectivity index (χ1) is 16.9. The normalized spacial score (nSPS) is 18.8. The van der Waals surface area contributed by atoms with E-state index in [1.807, 2.05) is 7.05 Å². The molecule has 8 nitrogen and oxygen atoms in total. The molecule has 0 radical (unpaired) electrons. The first kappa shape index (κ1) is 25.8. The number of likely N-dealkylation sites (tertiary alicyclic amines) is 1. The molecule has 1 N–H and O–H groups in total. The number of amides is 2. The van der Waals surface area contributed by atoms with Crippen LogP contribution in [0.3, 0.4) is 0 Å². The highest BCUT2D eigenvalue weighted by atomic mass is 19.4. The molecule has 194 valence electrons. The summed E-state index contributed by atoms with van der Waals surface area (Å²) in [5.41, 5.74) is 2.08. The Hall–Kier alpha value is -3.28. The van der Waals surface area contributed by atoms with Crippen molar-refractivity contribution in [2.24, 2.45) is 5.92 Å². The zero-order chi connectivity index (χ0) is 26.2. The van der Waals surface area contributed by atoms with Gasteiger partial charge in [-0.2, -0.15) is 13.2 Å². The maximum Gasteiger partial charge on any atom is 0.433 e. The van der Waals surface area contributed by atoms with Crippen LogP contribution in [0.15, 0.2) is 24.3 Å². The Kier molecular flexibility index (Phi) is 7.17. The molecule has 12 heteroatoms. The molecule has 4 rings (SSSR count). The Morgan fingerprint density at radius 3 is 2.56 bits per heavy atom. The van der Waals surface area contributed by atoms with Crippen LogP contribution < -0.4 is 15.3 Å². The van der Waals surface area contributed by atoms with E-state index in [1.165, 1.54) is 24.0 Å². The van der Waals surface area contributed by atoms with Crippen LogP contribution >= 0.6 is 0 Å². The van der Waals surface area contributed by atoms with Gasteiger partial charge in [-0.05, 0) is 69.5 Å². The lowest BCUT2D eigenvalue weighted by Gasteiger charge is -2.37. The van der Waals surface area contributed by atoms with Gasteiger partial charge in [0.25, 0.3) is 5.91 Å². The molecule has 0 spiro atoms. The van der Waals surface area contributed by atoms with Crippen molar-refractivity contribution >= 4 is 23.5 Å². The van der Waals surface area contributed by atoms with Crippen molar-refractivity contribution in [2.75, 3.05) is 36.6 Å². The van der Waals surface area contributed by atoms with Crippen molar-refractivity contribution in [3.8, 4) is 0 Å². The molecular formula is C24H28F4N6O2. The van der Waals surface area contributed by atoms with Gasteiger partial charge in [-0.25, -0.2) is 19.4 Å². The summed E-state index contributed by atoms with van der Waals surface area (Å²) in [7, 11) is 2.03. The number of nitrogens with zero attached hydrogens (tertiary/aromatic N) is 5. The molecule has 1 atom stereocenters. The van der Waals surface area contributed by atoms with Crippen LogP contribution in [-0.4, -0.2) is 59.4 Å². The van der Waals surface area contributed by atoms with Gasteiger partial charge < -0.3 is 9.80 Å². The Labute approximate surface area is 206 Å². The lowest BCUT2D eigenvalue weighted by atomic mass is 9.95. The quantitative estimate of drug-likeness (QED) is 0.579. The van der Waals surface area contributed by atoms with Crippen LogP contribution in [0.4, 0.5) is 29.2 Å². The first-order valence-corrected chi connectivity index (χ1v) is 11.7. The van der Waals surface area contributed by atoms with Gasteiger partial charge in [0.2, 0.25) is 11.9 Å². The number of hydrazine groups is 1. The van der Waals surface area contributed by atoms with Gasteiger partial charge >= 0.3 is 6.18 Å². The number of aryl methyl sites for hydroxylation is 2. The van der Waals surface area contributed by atoms with E-state index in [-0.39, 0.29) is 12.1 Å². The maximum absolute atomic E-state index is 13.9. The summed E-state index contributed by atoms with van der Waals surface area (Å²) >= 11 is 0. The third-order valence-electron chi connectivity index (χ3n) is 6.42. The number of hydrogen-bond acceptors (Lipinski definition) is 6. The van der Waals surface area contributed by atoms with E-state index in [9.17, 15) is 27.2 Å². The number of aromatic nitrogens is 2. The van der Waals surface area contributed by atoms with Crippen LogP contribution in [0.5, 0.6) is 0 Å². The molecule has 1 aromatic heterocycles. The molecule has 2 saturated heterocycles. The minimum absolute atomic E-state index is 0.0381. The summed E-state index contributed by atoms with van der Waals surface area (Å²) in [4.78, 5) is 37.3. The topological polar surface area (TPSA) is 81.7 Å². The third kappa shape index (κ3) is 5.58. The van der Waals surface area contributed by atoms with Crippen molar-refractivity contribution < 1.29 is 27.2 Å². The van der Waals surface area contributed by atoms with Crippen LogP contribution in [0.2, 0.25) is 0 Å². The Morgan fingerprint density at radius 2 is 1.92 bits per heavy atom. The van der Waals surface area contributed by atoms with E-state index in [0.29, 0.717) is 30.1 Å². The second kappa shape index (κ2) is 10.00. The van der Waals surface area contributed by atoms with E-state index in [1.54, 1.807) is 13.0 Å². The Bertz CT molecular complexity index is 1150. The number of rotatable bonds is 7. The highest BCUT2D eigenvalue weighted by Gasteiger charge is 2.42. The smallest absolute Gasteiger partial charge is 0.311 e. The summed E-state index contributed by atoms with van der Waals surface area (Å²) in [6.45, 7) is 5.22.